The molecule has 2 heterocycles. The molecule has 2 aliphatic heterocycles. The number of hydrogen-bond donors (Lipinski definition) is 1. The summed E-state index contributed by atoms with van der Waals surface area (Å²) in [5, 5.41) is 20.5. The van der Waals surface area contributed by atoms with Gasteiger partial charge in [0.05, 0.1) is 44.9 Å². The minimum absolute atomic E-state index is 0. The van der Waals surface area contributed by atoms with Gasteiger partial charge >= 0.3 is 122 Å². The van der Waals surface area contributed by atoms with Gasteiger partial charge in [-0.2, -0.15) is 0 Å². The number of aromatic carboxylic acids is 1. The number of alkyl halides is 3. The number of nitrogens with zero attached hydrogens (tertiary/aromatic N) is 1. The second-order valence-corrected chi connectivity index (χ2v) is 27.5. The molecule has 0 radical (unpaired) electrons. The van der Waals surface area contributed by atoms with Crippen molar-refractivity contribution in [1.29, 1.82) is 0 Å². The molecule has 2 amide bonds. The van der Waals surface area contributed by atoms with Crippen LogP contribution in [0.25, 0.3) is 0 Å². The molecule has 2 atom stereocenters. The summed E-state index contributed by atoms with van der Waals surface area (Å²) in [5.74, 6) is -2.13. The van der Waals surface area contributed by atoms with E-state index in [1.165, 1.54) is 3.93 Å². The van der Waals surface area contributed by atoms with Crippen molar-refractivity contribution in [3.8, 4) is 0 Å². The number of amides is 2. The van der Waals surface area contributed by atoms with Crippen LogP contribution in [0, 0.1) is 11.8 Å². The van der Waals surface area contributed by atoms with Crippen LogP contribution in [0.2, 0.25) is 14.0 Å². The van der Waals surface area contributed by atoms with E-state index in [-0.39, 0.29) is 59.8 Å². The van der Waals surface area contributed by atoms with Gasteiger partial charge < -0.3 is 14.6 Å². The van der Waals surface area contributed by atoms with Crippen molar-refractivity contribution < 1.29 is 86.7 Å². The van der Waals surface area contributed by atoms with E-state index in [2.05, 4.69) is 6.92 Å². The quantitative estimate of drug-likeness (QED) is 0.151. The normalized spacial score (nSPS) is 18.3. The Hall–Kier alpha value is 0.755. The summed E-state index contributed by atoms with van der Waals surface area (Å²) in [6, 6.07) is 12.1. The molecular formula is C29H31Cl5HgNNaO7S2. The van der Waals surface area contributed by atoms with Crippen molar-refractivity contribution >= 4 is 96.0 Å². The summed E-state index contributed by atoms with van der Waals surface area (Å²) >= 11 is 27.8. The number of carbonyl (C=O) groups is 3. The number of imide groups is 1. The Balaban J connectivity index is 0.000000319. The average molecular weight is 971 g/mol. The standard InChI is InChI=1S/C9H8Cl3NO2S.C7H6Cl2O.C7H6O2S.C4H8O2.C2H5.Hg.Na/c10-9(11,12)16-13-7(14)5-3-1-2-4-6(5)8(13)15;8-6-2-1-5(4-10)7(9)3-6;8-7(9)5-3-1-2-4-6(5)10;1-2-6-4-3-5-1;1-2;;/h1-2,5-6H,3-4H2;1-3,10H,4H2;1-4,10H,(H,8,9);1-4H2;1H2,2H3;;/q;;;;;2*+1/p-2. The first-order valence-electron chi connectivity index (χ1n) is 13.8. The Morgan fingerprint density at radius 1 is 1.00 bits per heavy atom. The summed E-state index contributed by atoms with van der Waals surface area (Å²) in [4.78, 5) is 35.4. The molecule has 2 aromatic carbocycles. The Kier molecular flexibility index (Phi) is 23.4. The minimum Gasteiger partial charge on any atom is -0.392 e. The fourth-order valence-electron chi connectivity index (χ4n) is 4.03. The molecule has 17 heteroatoms. The van der Waals surface area contributed by atoms with Crippen LogP contribution in [0.15, 0.2) is 59.5 Å². The zero-order valence-corrected chi connectivity index (χ0v) is 38.2. The van der Waals surface area contributed by atoms with Gasteiger partial charge in [0.2, 0.25) is 11.8 Å². The summed E-state index contributed by atoms with van der Waals surface area (Å²) < 4.78 is 10.5. The number of aliphatic hydroxyl groups excluding tert-OH is 1. The number of ether oxygens (including phenoxy) is 2. The topological polar surface area (TPSA) is 116 Å². The number of rotatable bonds is 6. The number of halogens is 5. The zero-order chi connectivity index (χ0) is 33.4. The Morgan fingerprint density at radius 2 is 1.54 bits per heavy atom. The van der Waals surface area contributed by atoms with E-state index in [0.29, 0.717) is 46.0 Å². The van der Waals surface area contributed by atoms with Crippen molar-refractivity contribution in [1.82, 2.24) is 4.31 Å². The third-order valence-electron chi connectivity index (χ3n) is 6.16. The first kappa shape index (κ1) is 44.8. The van der Waals surface area contributed by atoms with Crippen LogP contribution in [0.4, 0.5) is 0 Å². The molecule has 0 saturated carbocycles. The first-order chi connectivity index (χ1) is 21.4. The minimum atomic E-state index is -1.69. The molecule has 1 N–H and O–H groups in total. The van der Waals surface area contributed by atoms with Crippen LogP contribution in [-0.2, 0) is 48.7 Å². The predicted octanol–water partition coefficient (Wildman–Crippen LogP) is 4.01. The van der Waals surface area contributed by atoms with E-state index in [4.69, 9.17) is 72.6 Å². The van der Waals surface area contributed by atoms with Gasteiger partial charge in [0, 0.05) is 22.0 Å². The van der Waals surface area contributed by atoms with Crippen LogP contribution in [0.3, 0.4) is 0 Å². The number of aliphatic hydroxyl groups is 1. The van der Waals surface area contributed by atoms with Gasteiger partial charge in [-0.05, 0) is 30.5 Å². The molecule has 244 valence electrons. The molecule has 46 heavy (non-hydrogen) atoms. The monoisotopic (exact) mass is 969 g/mol. The molecule has 3 aliphatic rings. The van der Waals surface area contributed by atoms with Crippen LogP contribution in [-0.4, -0.2) is 56.7 Å². The molecule has 1 aliphatic carbocycles. The maximum Gasteiger partial charge on any atom is 1.00 e. The molecule has 2 unspecified atom stereocenters. The van der Waals surface area contributed by atoms with Crippen LogP contribution >= 0.6 is 78.2 Å². The second-order valence-electron chi connectivity index (χ2n) is 9.41. The maximum absolute atomic E-state index is 11.9. The summed E-state index contributed by atoms with van der Waals surface area (Å²) in [6.45, 7) is 5.23. The number of benzene rings is 2. The largest absolute Gasteiger partial charge is 1.00 e. The maximum atomic E-state index is 11.9. The number of carboxylic acids is 1. The van der Waals surface area contributed by atoms with Gasteiger partial charge in [-0.1, -0.05) is 76.2 Å². The molecule has 8 nitrogen and oxygen atoms in total. The smallest absolute Gasteiger partial charge is 0.392 e. The van der Waals surface area contributed by atoms with Gasteiger partial charge in [-0.15, -0.1) is 0 Å². The molecule has 2 aromatic rings. The van der Waals surface area contributed by atoms with E-state index in [9.17, 15) is 19.5 Å². The fraction of sp³-hybridized carbons (Fsp3) is 0.414. The summed E-state index contributed by atoms with van der Waals surface area (Å²) in [6.07, 6.45) is 5.00. The Labute approximate surface area is 335 Å². The fourth-order valence-corrected chi connectivity index (χ4v) is 14.6. The van der Waals surface area contributed by atoms with E-state index in [0.717, 1.165) is 35.6 Å². The van der Waals surface area contributed by atoms with Crippen LogP contribution in [0.1, 0.15) is 35.7 Å². The molecule has 0 aromatic heterocycles. The van der Waals surface area contributed by atoms with Crippen molar-refractivity contribution in [2.45, 2.75) is 38.3 Å². The van der Waals surface area contributed by atoms with Crippen molar-refractivity contribution in [2.24, 2.45) is 11.8 Å². The number of allylic oxidation sites excluding steroid dienone is 2. The zero-order valence-electron chi connectivity index (χ0n) is 25.3. The van der Waals surface area contributed by atoms with Gasteiger partial charge in [-0.25, -0.2) is 4.31 Å². The van der Waals surface area contributed by atoms with Gasteiger partial charge in [-0.3, -0.25) is 9.59 Å². The number of hydrogen-bond acceptors (Lipinski definition) is 9. The van der Waals surface area contributed by atoms with Gasteiger partial charge in [0.1, 0.15) is 0 Å². The van der Waals surface area contributed by atoms with Crippen molar-refractivity contribution in [3.05, 3.63) is 75.8 Å². The first-order valence-corrected chi connectivity index (χ1v) is 28.1. The van der Waals surface area contributed by atoms with E-state index in [1.54, 1.807) is 38.6 Å². The molecule has 2 saturated heterocycles. The van der Waals surface area contributed by atoms with Gasteiger partial charge in [0.15, 0.2) is 0 Å². The van der Waals surface area contributed by atoms with Crippen LogP contribution in [0.5, 0.6) is 0 Å². The van der Waals surface area contributed by atoms with E-state index < -0.39 is 32.2 Å². The molecule has 0 spiro atoms. The Morgan fingerprint density at radius 3 is 1.98 bits per heavy atom. The number of carbonyl (C=O) groups excluding carboxylic acids is 3. The summed E-state index contributed by atoms with van der Waals surface area (Å²) in [5.41, 5.74) is 1.05. The van der Waals surface area contributed by atoms with E-state index in [1.807, 2.05) is 24.3 Å². The second kappa shape index (κ2) is 24.0. The molecular weight excluding hydrogens is 939 g/mol. The third-order valence-corrected chi connectivity index (χ3v) is 20.2. The van der Waals surface area contributed by atoms with Crippen molar-refractivity contribution in [2.75, 3.05) is 26.4 Å². The number of fused-ring (bicyclic) bond motifs is 1. The van der Waals surface area contributed by atoms with Crippen molar-refractivity contribution in [3.63, 3.8) is 0 Å². The van der Waals surface area contributed by atoms with E-state index >= 15 is 0 Å². The molecule has 2 fully saturated rings. The molecule has 5 rings (SSSR count). The third kappa shape index (κ3) is 16.2. The summed E-state index contributed by atoms with van der Waals surface area (Å²) in [7, 11) is 1.78. The Bertz CT molecular complexity index is 1270. The molecule has 0 bridgehead atoms. The van der Waals surface area contributed by atoms with Crippen LogP contribution < -0.4 is 34.7 Å². The number of carboxylic acid groups (broad SMARTS) is 1. The SMILES string of the molecule is C1COCCO1.C[CH2][Hg][S]c1ccccc1C(=O)[O-].O=C1C2CC=CCC2C(=O)N1SC(Cl)(Cl)Cl.OCc1ccc(Cl)cc1Cl.[Na+]. The van der Waals surface area contributed by atoms with Gasteiger partial charge in [0.25, 0.3) is 3.12 Å². The predicted molar refractivity (Wildman–Crippen MR) is 176 cm³/mol. The average Bonchev–Trinajstić information content (AvgIpc) is 3.26.